The van der Waals surface area contributed by atoms with Gasteiger partial charge in [0.15, 0.2) is 6.10 Å². The van der Waals surface area contributed by atoms with E-state index in [1.807, 2.05) is 12.2 Å². The van der Waals surface area contributed by atoms with E-state index in [1.54, 1.807) is 0 Å². The van der Waals surface area contributed by atoms with Crippen LogP contribution >= 0.6 is 7.82 Å². The summed E-state index contributed by atoms with van der Waals surface area (Å²) in [5, 5.41) is 9.84. The number of rotatable bonds is 55. The predicted octanol–water partition coefficient (Wildman–Crippen LogP) is 18.7. The number of ether oxygens (including phenoxy) is 3. The van der Waals surface area contributed by atoms with Gasteiger partial charge < -0.3 is 24.2 Å². The summed E-state index contributed by atoms with van der Waals surface area (Å²) in [5.41, 5.74) is 0. The maximum absolute atomic E-state index is 12.9. The van der Waals surface area contributed by atoms with Gasteiger partial charge in [-0.25, -0.2) is 4.57 Å². The second-order valence-electron chi connectivity index (χ2n) is 19.7. The Labute approximate surface area is 486 Å². The molecule has 0 aliphatic rings. The summed E-state index contributed by atoms with van der Waals surface area (Å²) in [6.07, 6.45) is 78.1. The molecule has 0 saturated carbocycles. The number of carbonyl (C=O) groups excluding carboxylic acids is 3. The molecule has 0 saturated heterocycles. The molecule has 0 spiro atoms. The zero-order valence-corrected chi connectivity index (χ0v) is 50.9. The van der Waals surface area contributed by atoms with Crippen LogP contribution in [0.5, 0.6) is 0 Å². The van der Waals surface area contributed by atoms with E-state index < -0.39 is 57.8 Å². The summed E-state index contributed by atoms with van der Waals surface area (Å²) in [6, 6.07) is 0. The Morgan fingerprint density at radius 1 is 0.350 bits per heavy atom. The Hall–Kier alpha value is -4.64. The molecule has 452 valence electrons. The van der Waals surface area contributed by atoms with E-state index in [0.29, 0.717) is 19.3 Å². The molecule has 0 fully saturated rings. The molecule has 0 bridgehead atoms. The van der Waals surface area contributed by atoms with Crippen molar-refractivity contribution in [1.29, 1.82) is 0 Å². The average Bonchev–Trinajstić information content (AvgIpc) is 3.45. The van der Waals surface area contributed by atoms with Crippen molar-refractivity contribution in [1.82, 2.24) is 0 Å². The topological polar surface area (TPSA) is 155 Å². The Kier molecular flexibility index (Phi) is 56.9. The van der Waals surface area contributed by atoms with Crippen LogP contribution in [-0.2, 0) is 42.2 Å². The first-order valence-electron chi connectivity index (χ1n) is 30.7. The van der Waals surface area contributed by atoms with Crippen LogP contribution in [-0.4, -0.2) is 66.5 Å². The van der Waals surface area contributed by atoms with Crippen molar-refractivity contribution in [3.8, 4) is 0 Å². The first-order chi connectivity index (χ1) is 39.2. The number of aliphatic hydroxyl groups excluding tert-OH is 1. The third-order valence-electron chi connectivity index (χ3n) is 12.3. The van der Waals surface area contributed by atoms with Crippen molar-refractivity contribution in [2.24, 2.45) is 0 Å². The van der Waals surface area contributed by atoms with Gasteiger partial charge in [-0.05, 0) is 122 Å². The minimum absolute atomic E-state index is 0.0906. The molecule has 0 aromatic carbocycles. The van der Waals surface area contributed by atoms with Gasteiger partial charge in [-0.1, -0.05) is 231 Å². The van der Waals surface area contributed by atoms with Crippen LogP contribution in [0.1, 0.15) is 226 Å². The fourth-order valence-corrected chi connectivity index (χ4v) is 8.49. The highest BCUT2D eigenvalue weighted by atomic mass is 31.2. The highest BCUT2D eigenvalue weighted by Crippen LogP contribution is 2.43. The smallest absolute Gasteiger partial charge is 0.462 e. The SMILES string of the molecule is CC/C=C\C/C=C\C/C=C\C/C=C\C/C=C\C/C=C\CCC(=O)OCC(COP(=O)(O)OCC(CO)OC(=O)CCCCCCCCC/C=C\C/C=C\C/C=C\CC)OC(=O)CCCCCCCCC/C=C\C/C=C\C/C=C\CC. The number of hydrogen-bond donors (Lipinski definition) is 2. The van der Waals surface area contributed by atoms with Gasteiger partial charge in [0.1, 0.15) is 12.7 Å². The van der Waals surface area contributed by atoms with Crippen LogP contribution in [0, 0.1) is 0 Å². The van der Waals surface area contributed by atoms with Crippen molar-refractivity contribution < 1.29 is 52.2 Å². The molecule has 11 nitrogen and oxygen atoms in total. The van der Waals surface area contributed by atoms with Gasteiger partial charge in [-0.15, -0.1) is 0 Å². The van der Waals surface area contributed by atoms with Crippen LogP contribution in [0.3, 0.4) is 0 Å². The van der Waals surface area contributed by atoms with Gasteiger partial charge in [-0.2, -0.15) is 0 Å². The van der Waals surface area contributed by atoms with Gasteiger partial charge in [0.05, 0.1) is 19.8 Å². The third kappa shape index (κ3) is 58.0. The Morgan fingerprint density at radius 3 is 0.988 bits per heavy atom. The summed E-state index contributed by atoms with van der Waals surface area (Å²) in [4.78, 5) is 48.7. The lowest BCUT2D eigenvalue weighted by Gasteiger charge is -2.21. The maximum Gasteiger partial charge on any atom is 0.472 e. The number of carbonyl (C=O) groups is 3. The fraction of sp³-hybridized carbons (Fsp3) is 0.603. The monoisotopic (exact) mass is 1130 g/mol. The number of allylic oxidation sites excluding steroid dienone is 24. The number of esters is 3. The second kappa shape index (κ2) is 60.5. The zero-order chi connectivity index (χ0) is 58.3. The summed E-state index contributed by atoms with van der Waals surface area (Å²) >= 11 is 0. The van der Waals surface area contributed by atoms with Gasteiger partial charge in [0.25, 0.3) is 0 Å². The van der Waals surface area contributed by atoms with Gasteiger partial charge in [0, 0.05) is 19.3 Å². The number of phosphoric acid groups is 1. The maximum atomic E-state index is 12.9. The van der Waals surface area contributed by atoms with Crippen LogP contribution in [0.15, 0.2) is 146 Å². The number of unbranched alkanes of at least 4 members (excludes halogenated alkanes) is 14. The molecule has 80 heavy (non-hydrogen) atoms. The Morgan fingerprint density at radius 2 is 0.637 bits per heavy atom. The third-order valence-corrected chi connectivity index (χ3v) is 13.2. The van der Waals surface area contributed by atoms with E-state index in [9.17, 15) is 28.9 Å². The minimum atomic E-state index is -4.78. The number of aliphatic hydroxyl groups is 1. The number of phosphoric ester groups is 1. The van der Waals surface area contributed by atoms with Crippen molar-refractivity contribution in [3.63, 3.8) is 0 Å². The molecular formula is C68H109O11P. The zero-order valence-electron chi connectivity index (χ0n) is 50.0. The van der Waals surface area contributed by atoms with E-state index in [1.165, 1.54) is 6.42 Å². The van der Waals surface area contributed by atoms with Gasteiger partial charge in [0.2, 0.25) is 0 Å². The largest absolute Gasteiger partial charge is 0.472 e. The lowest BCUT2D eigenvalue weighted by molar-refractivity contribution is -0.161. The van der Waals surface area contributed by atoms with Crippen LogP contribution in [0.4, 0.5) is 0 Å². The standard InChI is InChI=1S/C68H109O11P/c1-4-7-10-13-16-19-22-25-28-31-32-35-36-39-42-45-48-51-54-57-66(70)75-61-65(79-68(72)59-56-53-50-47-44-41-38-34-30-27-24-21-18-15-12-9-6-3)63-77-80(73,74)76-62-64(60-69)78-67(71)58-55-52-49-46-43-40-37-33-29-26-23-20-17-14-11-8-5-2/h7-12,16-21,25-30,32,35,39,42,48,51,64-65,69H,4-6,13-15,22-24,31,33-34,36-38,40-41,43-47,49-50,52-63H2,1-3H3,(H,73,74)/b10-7-,11-8-,12-9-,19-16-,20-17-,21-18-,28-25-,29-26-,30-27-,35-32-,42-39-,51-48-. The summed E-state index contributed by atoms with van der Waals surface area (Å²) in [7, 11) is -4.78. The first kappa shape index (κ1) is 75.4. The van der Waals surface area contributed by atoms with E-state index in [2.05, 4.69) is 154 Å². The molecule has 2 N–H and O–H groups in total. The Bertz CT molecular complexity index is 1900. The van der Waals surface area contributed by atoms with Crippen LogP contribution < -0.4 is 0 Å². The molecule has 0 rings (SSSR count). The molecule has 0 aromatic rings. The van der Waals surface area contributed by atoms with E-state index in [4.69, 9.17) is 23.3 Å². The molecule has 12 heteroatoms. The van der Waals surface area contributed by atoms with E-state index in [0.717, 1.165) is 161 Å². The minimum Gasteiger partial charge on any atom is -0.462 e. The first-order valence-corrected chi connectivity index (χ1v) is 32.2. The molecule has 0 aliphatic heterocycles. The highest BCUT2D eigenvalue weighted by Gasteiger charge is 2.28. The van der Waals surface area contributed by atoms with E-state index in [-0.39, 0.29) is 25.9 Å². The van der Waals surface area contributed by atoms with E-state index >= 15 is 0 Å². The second-order valence-corrected chi connectivity index (χ2v) is 21.2. The molecule has 3 unspecified atom stereocenters. The lowest BCUT2D eigenvalue weighted by atomic mass is 10.1. The van der Waals surface area contributed by atoms with Crippen molar-refractivity contribution in [2.75, 3.05) is 26.4 Å². The van der Waals surface area contributed by atoms with Crippen LogP contribution in [0.25, 0.3) is 0 Å². The Balaban J connectivity index is 4.85. The molecular weight excluding hydrogens is 1020 g/mol. The quantitative estimate of drug-likeness (QED) is 0.0197. The average molecular weight is 1130 g/mol. The van der Waals surface area contributed by atoms with Crippen LogP contribution in [0.2, 0.25) is 0 Å². The van der Waals surface area contributed by atoms with Crippen molar-refractivity contribution in [2.45, 2.75) is 238 Å². The molecule has 0 aliphatic carbocycles. The molecule has 0 aromatic heterocycles. The molecule has 0 amide bonds. The normalized spacial score (nSPS) is 14.3. The van der Waals surface area contributed by atoms with Crippen molar-refractivity contribution >= 4 is 25.7 Å². The summed E-state index contributed by atoms with van der Waals surface area (Å²) in [6.45, 7) is 4.20. The number of hydrogen-bond acceptors (Lipinski definition) is 10. The molecule has 0 radical (unpaired) electrons. The fourth-order valence-electron chi connectivity index (χ4n) is 7.70. The lowest BCUT2D eigenvalue weighted by Crippen LogP contribution is -2.30. The highest BCUT2D eigenvalue weighted by molar-refractivity contribution is 7.47. The van der Waals surface area contributed by atoms with Gasteiger partial charge in [-0.3, -0.25) is 23.4 Å². The predicted molar refractivity (Wildman–Crippen MR) is 334 cm³/mol. The van der Waals surface area contributed by atoms with Crippen molar-refractivity contribution in [3.05, 3.63) is 146 Å². The molecule has 3 atom stereocenters. The van der Waals surface area contributed by atoms with Gasteiger partial charge >= 0.3 is 25.7 Å². The summed E-state index contributed by atoms with van der Waals surface area (Å²) in [5.74, 6) is -1.60. The molecule has 0 heterocycles. The summed E-state index contributed by atoms with van der Waals surface area (Å²) < 4.78 is 39.5.